The maximum absolute atomic E-state index is 11.6. The van der Waals surface area contributed by atoms with Crippen molar-refractivity contribution in [1.29, 1.82) is 0 Å². The average Bonchev–Trinajstić information content (AvgIpc) is 2.51. The number of esters is 2. The van der Waals surface area contributed by atoms with Gasteiger partial charge in [0.05, 0.1) is 0 Å². The lowest BCUT2D eigenvalue weighted by Crippen LogP contribution is -2.18. The molecular formula is C10H20O10P2. The Morgan fingerprint density at radius 3 is 1.18 bits per heavy atom. The minimum absolute atomic E-state index is 0.262. The Hall–Kier alpha value is -0.760. The van der Waals surface area contributed by atoms with Crippen molar-refractivity contribution in [2.45, 2.75) is 0 Å². The summed E-state index contributed by atoms with van der Waals surface area (Å²) < 4.78 is 50.9. The first kappa shape index (κ1) is 21.2. The highest BCUT2D eigenvalue weighted by atomic mass is 31.2. The van der Waals surface area contributed by atoms with Gasteiger partial charge in [-0.25, -0.2) is 0 Å². The Morgan fingerprint density at radius 2 is 0.955 bits per heavy atom. The lowest BCUT2D eigenvalue weighted by Gasteiger charge is -2.14. The maximum Gasteiger partial charge on any atom is 0.341 e. The normalized spacial score (nSPS) is 12.0. The van der Waals surface area contributed by atoms with Crippen LogP contribution in [0, 0.1) is 0 Å². The predicted octanol–water partition coefficient (Wildman–Crippen LogP) is 1.04. The van der Waals surface area contributed by atoms with Gasteiger partial charge in [0.2, 0.25) is 0 Å². The smallest absolute Gasteiger partial charge is 0.341 e. The molecule has 0 atom stereocenters. The molecule has 0 rings (SSSR count). The molecule has 0 bridgehead atoms. The molecule has 0 fully saturated rings. The quantitative estimate of drug-likeness (QED) is 0.299. The molecule has 10 nitrogen and oxygen atoms in total. The van der Waals surface area contributed by atoms with E-state index in [0.29, 0.717) is 0 Å². The maximum atomic E-state index is 11.6. The van der Waals surface area contributed by atoms with E-state index in [9.17, 15) is 18.7 Å². The Labute approximate surface area is 128 Å². The molecule has 0 unspecified atom stereocenters. The van der Waals surface area contributed by atoms with E-state index >= 15 is 0 Å². The molecule has 0 amide bonds. The van der Waals surface area contributed by atoms with Gasteiger partial charge in [0, 0.05) is 28.4 Å². The fraction of sp³-hybridized carbons (Fsp3) is 0.800. The molecule has 0 aromatic heterocycles. The van der Waals surface area contributed by atoms with Crippen LogP contribution >= 0.6 is 15.2 Å². The Kier molecular flexibility index (Phi) is 9.75. The second-order valence-electron chi connectivity index (χ2n) is 3.71. The second kappa shape index (κ2) is 10.1. The SMILES string of the molecule is COP(=O)(CC(=O)OCCOC(=O)CP(=O)(OC)OC)OC. The highest BCUT2D eigenvalue weighted by Crippen LogP contribution is 2.46. The van der Waals surface area contributed by atoms with Gasteiger partial charge in [-0.3, -0.25) is 18.7 Å². The van der Waals surface area contributed by atoms with Gasteiger partial charge in [-0.05, 0) is 0 Å². The summed E-state index contributed by atoms with van der Waals surface area (Å²) in [6.45, 7) is -0.523. The van der Waals surface area contributed by atoms with Crippen LogP contribution < -0.4 is 0 Å². The Balaban J connectivity index is 4.03. The van der Waals surface area contributed by atoms with Crippen LogP contribution in [-0.4, -0.2) is 65.9 Å². The van der Waals surface area contributed by atoms with E-state index in [0.717, 1.165) is 28.4 Å². The first-order valence-electron chi connectivity index (χ1n) is 5.96. The number of hydrogen-bond acceptors (Lipinski definition) is 10. The summed E-state index contributed by atoms with van der Waals surface area (Å²) in [5, 5.41) is 0. The Bertz CT molecular complexity index is 405. The van der Waals surface area contributed by atoms with Crippen LogP contribution in [0.1, 0.15) is 0 Å². The van der Waals surface area contributed by atoms with Crippen molar-refractivity contribution < 1.29 is 46.3 Å². The number of ether oxygens (including phenoxy) is 2. The van der Waals surface area contributed by atoms with E-state index in [1.54, 1.807) is 0 Å². The number of carbonyl (C=O) groups is 2. The minimum atomic E-state index is -3.49. The van der Waals surface area contributed by atoms with Gasteiger partial charge in [-0.1, -0.05) is 0 Å². The molecule has 0 aliphatic carbocycles. The lowest BCUT2D eigenvalue weighted by atomic mass is 10.7. The summed E-state index contributed by atoms with van der Waals surface area (Å²) in [4.78, 5) is 22.7. The molecule has 0 aromatic carbocycles. The zero-order chi connectivity index (χ0) is 17.2. The highest BCUT2D eigenvalue weighted by Gasteiger charge is 2.28. The fourth-order valence-corrected chi connectivity index (χ4v) is 2.76. The van der Waals surface area contributed by atoms with Crippen LogP contribution in [-0.2, 0) is 46.3 Å². The summed E-state index contributed by atoms with van der Waals surface area (Å²) >= 11 is 0. The topological polar surface area (TPSA) is 124 Å². The van der Waals surface area contributed by atoms with Crippen LogP contribution in [0.2, 0.25) is 0 Å². The molecule has 0 aromatic rings. The molecule has 0 radical (unpaired) electrons. The highest BCUT2D eigenvalue weighted by molar-refractivity contribution is 7.55. The van der Waals surface area contributed by atoms with E-state index in [2.05, 4.69) is 18.1 Å². The monoisotopic (exact) mass is 362 g/mol. The van der Waals surface area contributed by atoms with E-state index in [-0.39, 0.29) is 13.2 Å². The molecule has 0 aliphatic heterocycles. The van der Waals surface area contributed by atoms with E-state index in [4.69, 9.17) is 9.47 Å². The molecule has 0 saturated heterocycles. The van der Waals surface area contributed by atoms with Gasteiger partial charge in [0.1, 0.15) is 25.5 Å². The molecule has 130 valence electrons. The zero-order valence-corrected chi connectivity index (χ0v) is 14.6. The van der Waals surface area contributed by atoms with Crippen LogP contribution in [0.5, 0.6) is 0 Å². The van der Waals surface area contributed by atoms with Gasteiger partial charge < -0.3 is 27.6 Å². The molecule has 12 heteroatoms. The van der Waals surface area contributed by atoms with Gasteiger partial charge in [-0.2, -0.15) is 0 Å². The van der Waals surface area contributed by atoms with Crippen molar-refractivity contribution in [1.82, 2.24) is 0 Å². The van der Waals surface area contributed by atoms with Crippen molar-refractivity contribution in [3.8, 4) is 0 Å². The van der Waals surface area contributed by atoms with Crippen molar-refractivity contribution in [3.05, 3.63) is 0 Å². The van der Waals surface area contributed by atoms with Crippen LogP contribution in [0.25, 0.3) is 0 Å². The van der Waals surface area contributed by atoms with E-state index in [1.165, 1.54) is 0 Å². The molecule has 0 aliphatic rings. The van der Waals surface area contributed by atoms with Crippen molar-refractivity contribution in [2.75, 3.05) is 54.0 Å². The molecule has 22 heavy (non-hydrogen) atoms. The average molecular weight is 362 g/mol. The fourth-order valence-electron chi connectivity index (χ4n) is 1.13. The zero-order valence-electron chi connectivity index (χ0n) is 12.8. The third-order valence-corrected chi connectivity index (χ3v) is 5.88. The molecule has 0 spiro atoms. The molecule has 0 heterocycles. The summed E-state index contributed by atoms with van der Waals surface area (Å²) in [5.41, 5.74) is 0. The largest absolute Gasteiger partial charge is 0.462 e. The summed E-state index contributed by atoms with van der Waals surface area (Å²) in [5.74, 6) is -1.66. The minimum Gasteiger partial charge on any atom is -0.462 e. The number of carbonyl (C=O) groups excluding carboxylic acids is 2. The first-order chi connectivity index (χ1) is 10.2. The van der Waals surface area contributed by atoms with Gasteiger partial charge in [-0.15, -0.1) is 0 Å². The van der Waals surface area contributed by atoms with Crippen LogP contribution in [0.4, 0.5) is 0 Å². The number of rotatable bonds is 11. The predicted molar refractivity (Wildman–Crippen MR) is 74.9 cm³/mol. The summed E-state index contributed by atoms with van der Waals surface area (Å²) in [6.07, 6.45) is -1.12. The molecule has 0 N–H and O–H groups in total. The first-order valence-corrected chi connectivity index (χ1v) is 9.42. The Morgan fingerprint density at radius 1 is 0.682 bits per heavy atom. The molecular weight excluding hydrogens is 342 g/mol. The van der Waals surface area contributed by atoms with Crippen molar-refractivity contribution in [3.63, 3.8) is 0 Å². The van der Waals surface area contributed by atoms with Gasteiger partial charge in [0.25, 0.3) is 0 Å². The number of hydrogen-bond donors (Lipinski definition) is 0. The van der Waals surface area contributed by atoms with Crippen LogP contribution in [0.3, 0.4) is 0 Å². The van der Waals surface area contributed by atoms with Crippen molar-refractivity contribution in [2.24, 2.45) is 0 Å². The van der Waals surface area contributed by atoms with E-state index in [1.807, 2.05) is 0 Å². The molecule has 0 saturated carbocycles. The van der Waals surface area contributed by atoms with Gasteiger partial charge >= 0.3 is 27.1 Å². The second-order valence-corrected chi connectivity index (χ2v) is 8.25. The van der Waals surface area contributed by atoms with Gasteiger partial charge in [0.15, 0.2) is 0 Å². The third kappa shape index (κ3) is 8.03. The lowest BCUT2D eigenvalue weighted by molar-refractivity contribution is -0.149. The summed E-state index contributed by atoms with van der Waals surface area (Å²) in [6, 6.07) is 0. The van der Waals surface area contributed by atoms with Crippen LogP contribution in [0.15, 0.2) is 0 Å². The third-order valence-electron chi connectivity index (χ3n) is 2.37. The van der Waals surface area contributed by atoms with E-state index < -0.39 is 39.5 Å². The standard InChI is InChI=1S/C10H20O10P2/c1-15-21(13,16-2)7-9(11)19-5-6-20-10(12)8-22(14,17-3)18-4/h5-8H2,1-4H3. The summed E-state index contributed by atoms with van der Waals surface area (Å²) in [7, 11) is -2.42. The van der Waals surface area contributed by atoms with Crippen molar-refractivity contribution >= 4 is 27.1 Å².